The lowest BCUT2D eigenvalue weighted by Crippen LogP contribution is -2.46. The van der Waals surface area contributed by atoms with Crippen LogP contribution in [0.1, 0.15) is 38.7 Å². The molecule has 0 spiro atoms. The van der Waals surface area contributed by atoms with Crippen LogP contribution in [0.15, 0.2) is 29.3 Å². The maximum Gasteiger partial charge on any atom is 0.194 e. The molecule has 5 heteroatoms. The van der Waals surface area contributed by atoms with E-state index in [0.717, 1.165) is 50.3 Å². The van der Waals surface area contributed by atoms with Gasteiger partial charge in [0.1, 0.15) is 5.75 Å². The first-order chi connectivity index (χ1) is 12.2. The normalized spacial score (nSPS) is 18.3. The fraction of sp³-hybridized carbons (Fsp3) is 0.650. The van der Waals surface area contributed by atoms with Gasteiger partial charge in [0.15, 0.2) is 5.96 Å². The van der Waals surface area contributed by atoms with E-state index in [1.165, 1.54) is 18.4 Å². The highest BCUT2D eigenvalue weighted by molar-refractivity contribution is 5.80. The van der Waals surface area contributed by atoms with Crippen LogP contribution < -0.4 is 10.1 Å². The average molecular weight is 348 g/mol. The van der Waals surface area contributed by atoms with E-state index in [-0.39, 0.29) is 0 Å². The van der Waals surface area contributed by atoms with E-state index in [1.54, 1.807) is 7.11 Å². The largest absolute Gasteiger partial charge is 0.493 e. The molecular formula is C20H33N3O2. The fourth-order valence-electron chi connectivity index (χ4n) is 3.10. The monoisotopic (exact) mass is 347 g/mol. The predicted molar refractivity (Wildman–Crippen MR) is 103 cm³/mol. The predicted octanol–water partition coefficient (Wildman–Crippen LogP) is 3.30. The highest BCUT2D eigenvalue weighted by atomic mass is 16.5. The molecule has 0 aliphatic carbocycles. The number of nitrogens with one attached hydrogen (secondary N) is 1. The van der Waals surface area contributed by atoms with Crippen LogP contribution in [-0.4, -0.2) is 50.8 Å². The molecule has 1 aromatic rings. The van der Waals surface area contributed by atoms with Gasteiger partial charge in [-0.2, -0.15) is 0 Å². The summed E-state index contributed by atoms with van der Waals surface area (Å²) >= 11 is 0. The number of benzene rings is 1. The molecule has 0 amide bonds. The molecule has 1 aliphatic heterocycles. The van der Waals surface area contributed by atoms with Gasteiger partial charge in [0.2, 0.25) is 0 Å². The van der Waals surface area contributed by atoms with Gasteiger partial charge in [0.25, 0.3) is 0 Å². The van der Waals surface area contributed by atoms with Gasteiger partial charge in [-0.1, -0.05) is 19.1 Å². The number of ether oxygens (including phenoxy) is 2. The molecule has 5 nitrogen and oxygen atoms in total. The first-order valence-corrected chi connectivity index (χ1v) is 9.47. The number of aliphatic imine (C=N–C) groups is 1. The van der Waals surface area contributed by atoms with Gasteiger partial charge in [-0.05, 0) is 43.4 Å². The summed E-state index contributed by atoms with van der Waals surface area (Å²) in [6.07, 6.45) is 3.46. The maximum atomic E-state index is 5.78. The minimum atomic E-state index is 0.669. The van der Waals surface area contributed by atoms with Crippen molar-refractivity contribution in [2.24, 2.45) is 10.9 Å². The zero-order valence-corrected chi connectivity index (χ0v) is 16.0. The molecule has 0 radical (unpaired) electrons. The highest BCUT2D eigenvalue weighted by Crippen LogP contribution is 2.17. The Bertz CT molecular complexity index is 533. The van der Waals surface area contributed by atoms with Crippen molar-refractivity contribution in [3.63, 3.8) is 0 Å². The molecule has 1 fully saturated rings. The molecule has 25 heavy (non-hydrogen) atoms. The Balaban J connectivity index is 1.94. The van der Waals surface area contributed by atoms with Crippen molar-refractivity contribution < 1.29 is 9.47 Å². The first-order valence-electron chi connectivity index (χ1n) is 9.47. The van der Waals surface area contributed by atoms with Crippen molar-refractivity contribution in [3.05, 3.63) is 29.8 Å². The van der Waals surface area contributed by atoms with E-state index >= 15 is 0 Å². The smallest absolute Gasteiger partial charge is 0.194 e. The van der Waals surface area contributed by atoms with Gasteiger partial charge < -0.3 is 19.7 Å². The Labute approximate surface area is 152 Å². The minimum Gasteiger partial charge on any atom is -0.493 e. The molecule has 1 heterocycles. The third-order valence-electron chi connectivity index (χ3n) is 4.36. The summed E-state index contributed by atoms with van der Waals surface area (Å²) in [7, 11) is 1.71. The van der Waals surface area contributed by atoms with E-state index in [2.05, 4.69) is 36.2 Å². The van der Waals surface area contributed by atoms with Gasteiger partial charge in [0, 0.05) is 39.8 Å². The maximum absolute atomic E-state index is 5.78. The molecule has 140 valence electrons. The molecule has 1 aliphatic rings. The second-order valence-electron chi connectivity index (χ2n) is 6.71. The van der Waals surface area contributed by atoms with Crippen molar-refractivity contribution in [1.82, 2.24) is 10.2 Å². The van der Waals surface area contributed by atoms with Crippen molar-refractivity contribution >= 4 is 5.96 Å². The van der Waals surface area contributed by atoms with Crippen LogP contribution in [-0.2, 0) is 11.3 Å². The summed E-state index contributed by atoms with van der Waals surface area (Å²) < 4.78 is 10.8. The van der Waals surface area contributed by atoms with Gasteiger partial charge in [-0.25, -0.2) is 4.99 Å². The van der Waals surface area contributed by atoms with Gasteiger partial charge >= 0.3 is 0 Å². The number of nitrogens with zero attached hydrogens (tertiary/aromatic N) is 2. The van der Waals surface area contributed by atoms with Crippen LogP contribution in [0.25, 0.3) is 0 Å². The number of piperidine rings is 1. The summed E-state index contributed by atoms with van der Waals surface area (Å²) in [5.41, 5.74) is 1.17. The van der Waals surface area contributed by atoms with Gasteiger partial charge in [0.05, 0.1) is 13.2 Å². The van der Waals surface area contributed by atoms with Crippen molar-refractivity contribution in [1.29, 1.82) is 0 Å². The van der Waals surface area contributed by atoms with E-state index in [1.807, 2.05) is 12.1 Å². The highest BCUT2D eigenvalue weighted by Gasteiger charge is 2.18. The third-order valence-corrected chi connectivity index (χ3v) is 4.36. The lowest BCUT2D eigenvalue weighted by atomic mass is 10.0. The van der Waals surface area contributed by atoms with Crippen molar-refractivity contribution in [3.8, 4) is 5.75 Å². The lowest BCUT2D eigenvalue weighted by molar-refractivity contribution is 0.172. The van der Waals surface area contributed by atoms with E-state index in [9.17, 15) is 0 Å². The number of hydrogen-bond donors (Lipinski definition) is 1. The van der Waals surface area contributed by atoms with Crippen LogP contribution in [0.2, 0.25) is 0 Å². The summed E-state index contributed by atoms with van der Waals surface area (Å²) in [4.78, 5) is 7.24. The zero-order chi connectivity index (χ0) is 17.9. The van der Waals surface area contributed by atoms with Crippen molar-refractivity contribution in [2.75, 3.05) is 40.0 Å². The molecule has 0 aromatic heterocycles. The Morgan fingerprint density at radius 1 is 1.36 bits per heavy atom. The quantitative estimate of drug-likeness (QED) is 0.445. The summed E-state index contributed by atoms with van der Waals surface area (Å²) in [5.74, 6) is 2.67. The van der Waals surface area contributed by atoms with E-state index in [0.29, 0.717) is 13.2 Å². The Kier molecular flexibility index (Phi) is 8.60. The number of methoxy groups -OCH3 is 1. The average Bonchev–Trinajstić information content (AvgIpc) is 2.63. The third kappa shape index (κ3) is 6.94. The molecule has 0 saturated carbocycles. The molecule has 2 rings (SSSR count). The van der Waals surface area contributed by atoms with Gasteiger partial charge in [-0.15, -0.1) is 0 Å². The summed E-state index contributed by atoms with van der Waals surface area (Å²) in [6.45, 7) is 9.60. The first kappa shape index (κ1) is 19.6. The zero-order valence-electron chi connectivity index (χ0n) is 16.0. The molecule has 1 N–H and O–H groups in total. The minimum absolute atomic E-state index is 0.669. The van der Waals surface area contributed by atoms with Crippen LogP contribution in [0.4, 0.5) is 0 Å². The molecule has 1 saturated heterocycles. The Morgan fingerprint density at radius 2 is 2.24 bits per heavy atom. The number of likely N-dealkylation sites (tertiary alicyclic amines) is 1. The summed E-state index contributed by atoms with van der Waals surface area (Å²) in [6, 6.07) is 8.22. The lowest BCUT2D eigenvalue weighted by Gasteiger charge is -2.33. The van der Waals surface area contributed by atoms with Gasteiger partial charge in [-0.3, -0.25) is 0 Å². The van der Waals surface area contributed by atoms with E-state index in [4.69, 9.17) is 14.5 Å². The number of hydrogen-bond acceptors (Lipinski definition) is 3. The molecule has 1 unspecified atom stereocenters. The standard InChI is InChI=1S/C20H33N3O2/c1-4-21-20(23-11-6-8-17(2)16-23)22-15-18-9-5-10-19(14-18)25-13-7-12-24-3/h5,9-10,14,17H,4,6-8,11-13,15-16H2,1-3H3,(H,21,22). The Morgan fingerprint density at radius 3 is 3.00 bits per heavy atom. The molecular weight excluding hydrogens is 314 g/mol. The topological polar surface area (TPSA) is 46.1 Å². The summed E-state index contributed by atoms with van der Waals surface area (Å²) in [5, 5.41) is 3.44. The molecule has 1 aromatic carbocycles. The fourth-order valence-corrected chi connectivity index (χ4v) is 3.10. The van der Waals surface area contributed by atoms with Crippen LogP contribution >= 0.6 is 0 Å². The second-order valence-corrected chi connectivity index (χ2v) is 6.71. The SMILES string of the molecule is CCNC(=NCc1cccc(OCCCOC)c1)N1CCCC(C)C1. The van der Waals surface area contributed by atoms with Crippen LogP contribution in [0.3, 0.4) is 0 Å². The van der Waals surface area contributed by atoms with Crippen LogP contribution in [0, 0.1) is 5.92 Å². The van der Waals surface area contributed by atoms with E-state index < -0.39 is 0 Å². The van der Waals surface area contributed by atoms with Crippen molar-refractivity contribution in [2.45, 2.75) is 39.7 Å². The Hall–Kier alpha value is -1.75. The number of guanidine groups is 1. The second kappa shape index (κ2) is 11.0. The molecule has 1 atom stereocenters. The number of rotatable bonds is 8. The molecule has 0 bridgehead atoms. The van der Waals surface area contributed by atoms with Crippen LogP contribution in [0.5, 0.6) is 5.75 Å².